The topological polar surface area (TPSA) is 48.5 Å². The van der Waals surface area contributed by atoms with Crippen LogP contribution in [0, 0.1) is 0 Å². The SMILES string of the molecule is c1cc(-c2cccc(-n3cccn3)c2)cc(-n2cnnc2)c1. The Balaban J connectivity index is 1.76. The monoisotopic (exact) mass is 287 g/mol. The van der Waals surface area contributed by atoms with Crippen LogP contribution in [0.1, 0.15) is 0 Å². The van der Waals surface area contributed by atoms with Gasteiger partial charge in [-0.3, -0.25) is 4.57 Å². The van der Waals surface area contributed by atoms with Gasteiger partial charge in [0, 0.05) is 18.1 Å². The van der Waals surface area contributed by atoms with Gasteiger partial charge in [0.1, 0.15) is 12.7 Å². The zero-order valence-corrected chi connectivity index (χ0v) is 11.7. The maximum Gasteiger partial charge on any atom is 0.123 e. The van der Waals surface area contributed by atoms with Crippen LogP contribution in [-0.2, 0) is 0 Å². The number of hydrogen-bond donors (Lipinski definition) is 0. The standard InChI is InChI=1S/C17H13N5/c1-4-14(10-16(6-1)21-12-18-19-13-21)15-5-2-7-17(11-15)22-9-3-8-20-22/h1-13H. The lowest BCUT2D eigenvalue weighted by atomic mass is 10.0. The van der Waals surface area contributed by atoms with Gasteiger partial charge in [0.2, 0.25) is 0 Å². The van der Waals surface area contributed by atoms with E-state index in [1.807, 2.05) is 45.8 Å². The summed E-state index contributed by atoms with van der Waals surface area (Å²) in [5, 5.41) is 12.0. The molecule has 5 heteroatoms. The predicted molar refractivity (Wildman–Crippen MR) is 83.9 cm³/mol. The molecule has 0 N–H and O–H groups in total. The minimum atomic E-state index is 1.03. The summed E-state index contributed by atoms with van der Waals surface area (Å²) in [5.74, 6) is 0. The van der Waals surface area contributed by atoms with E-state index in [4.69, 9.17) is 0 Å². The lowest BCUT2D eigenvalue weighted by Crippen LogP contribution is -1.94. The molecule has 4 rings (SSSR count). The molecule has 2 heterocycles. The van der Waals surface area contributed by atoms with Crippen molar-refractivity contribution in [3.63, 3.8) is 0 Å². The first-order valence-corrected chi connectivity index (χ1v) is 6.96. The fourth-order valence-corrected chi connectivity index (χ4v) is 2.43. The molecule has 0 radical (unpaired) electrons. The maximum atomic E-state index is 4.28. The summed E-state index contributed by atoms with van der Waals surface area (Å²) in [7, 11) is 0. The molecule has 0 fully saturated rings. The van der Waals surface area contributed by atoms with Crippen LogP contribution in [0.4, 0.5) is 0 Å². The Labute approximate surface area is 127 Å². The Morgan fingerprint density at radius 1 is 0.727 bits per heavy atom. The second-order valence-electron chi connectivity index (χ2n) is 4.92. The van der Waals surface area contributed by atoms with E-state index in [2.05, 4.69) is 39.6 Å². The van der Waals surface area contributed by atoms with Gasteiger partial charge in [-0.1, -0.05) is 24.3 Å². The molecule has 0 unspecified atom stereocenters. The first-order valence-electron chi connectivity index (χ1n) is 6.96. The lowest BCUT2D eigenvalue weighted by Gasteiger charge is -2.08. The summed E-state index contributed by atoms with van der Waals surface area (Å²) in [6.07, 6.45) is 7.10. The first-order chi connectivity index (χ1) is 10.9. The molecule has 22 heavy (non-hydrogen) atoms. The van der Waals surface area contributed by atoms with E-state index in [-0.39, 0.29) is 0 Å². The van der Waals surface area contributed by atoms with Crippen molar-refractivity contribution in [1.29, 1.82) is 0 Å². The third-order valence-corrected chi connectivity index (χ3v) is 3.51. The number of hydrogen-bond acceptors (Lipinski definition) is 3. The van der Waals surface area contributed by atoms with E-state index in [0.717, 1.165) is 22.5 Å². The van der Waals surface area contributed by atoms with Crippen molar-refractivity contribution in [2.24, 2.45) is 0 Å². The molecule has 0 saturated heterocycles. The molecule has 2 aromatic heterocycles. The van der Waals surface area contributed by atoms with Crippen molar-refractivity contribution in [2.75, 3.05) is 0 Å². The molecule has 2 aromatic carbocycles. The average molecular weight is 287 g/mol. The van der Waals surface area contributed by atoms with Gasteiger partial charge in [0.25, 0.3) is 0 Å². The van der Waals surface area contributed by atoms with E-state index in [0.29, 0.717) is 0 Å². The van der Waals surface area contributed by atoms with Crippen molar-refractivity contribution < 1.29 is 0 Å². The minimum absolute atomic E-state index is 1.03. The van der Waals surface area contributed by atoms with Gasteiger partial charge in [-0.15, -0.1) is 10.2 Å². The van der Waals surface area contributed by atoms with Crippen molar-refractivity contribution in [3.05, 3.63) is 79.6 Å². The van der Waals surface area contributed by atoms with Crippen LogP contribution in [0.3, 0.4) is 0 Å². The normalized spacial score (nSPS) is 10.7. The van der Waals surface area contributed by atoms with E-state index in [1.54, 1.807) is 18.9 Å². The van der Waals surface area contributed by atoms with Gasteiger partial charge in [0.05, 0.1) is 5.69 Å². The highest BCUT2D eigenvalue weighted by Crippen LogP contribution is 2.24. The molecule has 0 aliphatic heterocycles. The summed E-state index contributed by atoms with van der Waals surface area (Å²) in [6.45, 7) is 0. The number of nitrogens with zero attached hydrogens (tertiary/aromatic N) is 5. The average Bonchev–Trinajstić information content (AvgIpc) is 3.29. The fraction of sp³-hybridized carbons (Fsp3) is 0. The van der Waals surface area contributed by atoms with E-state index in [1.165, 1.54) is 0 Å². The summed E-state index contributed by atoms with van der Waals surface area (Å²) in [5.41, 5.74) is 4.35. The van der Waals surface area contributed by atoms with Crippen molar-refractivity contribution in [2.45, 2.75) is 0 Å². The molecule has 4 aromatic rings. The molecule has 0 bridgehead atoms. The fourth-order valence-electron chi connectivity index (χ4n) is 2.43. The van der Waals surface area contributed by atoms with Gasteiger partial charge in [-0.05, 0) is 41.5 Å². The predicted octanol–water partition coefficient (Wildman–Crippen LogP) is 3.12. The Morgan fingerprint density at radius 3 is 2.09 bits per heavy atom. The second kappa shape index (κ2) is 5.29. The third-order valence-electron chi connectivity index (χ3n) is 3.51. The van der Waals surface area contributed by atoms with Crippen LogP contribution in [-0.4, -0.2) is 24.5 Å². The molecule has 0 amide bonds. The van der Waals surface area contributed by atoms with Gasteiger partial charge in [-0.25, -0.2) is 4.68 Å². The highest BCUT2D eigenvalue weighted by molar-refractivity contribution is 5.68. The highest BCUT2D eigenvalue weighted by atomic mass is 15.3. The molecule has 0 aliphatic rings. The molecular formula is C17H13N5. The van der Waals surface area contributed by atoms with E-state index >= 15 is 0 Å². The van der Waals surface area contributed by atoms with Crippen LogP contribution >= 0.6 is 0 Å². The van der Waals surface area contributed by atoms with Crippen LogP contribution in [0.25, 0.3) is 22.5 Å². The molecule has 106 valence electrons. The summed E-state index contributed by atoms with van der Waals surface area (Å²) in [6, 6.07) is 18.5. The Hall–Kier alpha value is -3.21. The van der Waals surface area contributed by atoms with Crippen molar-refractivity contribution >= 4 is 0 Å². The highest BCUT2D eigenvalue weighted by Gasteiger charge is 2.03. The van der Waals surface area contributed by atoms with Gasteiger partial charge < -0.3 is 0 Å². The Morgan fingerprint density at radius 2 is 1.41 bits per heavy atom. The molecule has 0 spiro atoms. The van der Waals surface area contributed by atoms with Crippen molar-refractivity contribution in [1.82, 2.24) is 24.5 Å². The van der Waals surface area contributed by atoms with Gasteiger partial charge >= 0.3 is 0 Å². The summed E-state index contributed by atoms with van der Waals surface area (Å²) in [4.78, 5) is 0. The maximum absolute atomic E-state index is 4.28. The van der Waals surface area contributed by atoms with Crippen LogP contribution < -0.4 is 0 Å². The molecule has 0 aliphatic carbocycles. The molecule has 0 atom stereocenters. The van der Waals surface area contributed by atoms with Crippen LogP contribution in [0.2, 0.25) is 0 Å². The quantitative estimate of drug-likeness (QED) is 0.581. The number of rotatable bonds is 3. The number of benzene rings is 2. The second-order valence-corrected chi connectivity index (χ2v) is 4.92. The Kier molecular flexibility index (Phi) is 3.01. The van der Waals surface area contributed by atoms with Gasteiger partial charge in [0.15, 0.2) is 0 Å². The number of aromatic nitrogens is 5. The lowest BCUT2D eigenvalue weighted by molar-refractivity contribution is 0.881. The largest absolute Gasteiger partial charge is 0.288 e. The Bertz CT molecular complexity index is 803. The van der Waals surface area contributed by atoms with Gasteiger partial charge in [-0.2, -0.15) is 5.10 Å². The van der Waals surface area contributed by atoms with Crippen LogP contribution in [0.5, 0.6) is 0 Å². The zero-order valence-electron chi connectivity index (χ0n) is 11.7. The van der Waals surface area contributed by atoms with Crippen molar-refractivity contribution in [3.8, 4) is 22.5 Å². The molecule has 5 nitrogen and oxygen atoms in total. The smallest absolute Gasteiger partial charge is 0.123 e. The van der Waals surface area contributed by atoms with E-state index in [9.17, 15) is 0 Å². The van der Waals surface area contributed by atoms with E-state index < -0.39 is 0 Å². The zero-order chi connectivity index (χ0) is 14.8. The minimum Gasteiger partial charge on any atom is -0.288 e. The molecule has 0 saturated carbocycles. The first kappa shape index (κ1) is 12.5. The summed E-state index contributed by atoms with van der Waals surface area (Å²) < 4.78 is 3.74. The molecular weight excluding hydrogens is 274 g/mol. The third kappa shape index (κ3) is 2.29. The summed E-state index contributed by atoms with van der Waals surface area (Å²) >= 11 is 0. The van der Waals surface area contributed by atoms with Crippen LogP contribution in [0.15, 0.2) is 79.6 Å².